The van der Waals surface area contributed by atoms with E-state index in [2.05, 4.69) is 62.4 Å². The van der Waals surface area contributed by atoms with Gasteiger partial charge in [-0.1, -0.05) is 38.1 Å². The molecule has 1 rings (SSSR count). The maximum absolute atomic E-state index is 5.25. The lowest BCUT2D eigenvalue weighted by molar-refractivity contribution is 0.184. The molecule has 0 spiro atoms. The van der Waals surface area contributed by atoms with Gasteiger partial charge in [0, 0.05) is 26.2 Å². The van der Waals surface area contributed by atoms with Crippen LogP contribution in [0.2, 0.25) is 0 Å². The number of ether oxygens (including phenoxy) is 1. The SMILES string of the molecule is COCc1ccccc1CNCC(CC(C)C)N(C)C. The lowest BCUT2D eigenvalue weighted by Gasteiger charge is -2.26. The van der Waals surface area contributed by atoms with E-state index >= 15 is 0 Å². The van der Waals surface area contributed by atoms with Crippen molar-refractivity contribution in [3.05, 3.63) is 35.4 Å². The molecule has 3 heteroatoms. The Morgan fingerprint density at radius 1 is 1.15 bits per heavy atom. The van der Waals surface area contributed by atoms with Crippen molar-refractivity contribution in [2.24, 2.45) is 5.92 Å². The minimum absolute atomic E-state index is 0.588. The zero-order valence-electron chi connectivity index (χ0n) is 13.6. The first-order valence-electron chi connectivity index (χ1n) is 7.47. The molecule has 0 fully saturated rings. The molecule has 1 unspecified atom stereocenters. The number of benzene rings is 1. The third-order valence-corrected chi connectivity index (χ3v) is 3.59. The predicted octanol–water partition coefficient (Wildman–Crippen LogP) is 2.90. The van der Waals surface area contributed by atoms with Gasteiger partial charge in [0.05, 0.1) is 6.61 Å². The lowest BCUT2D eigenvalue weighted by atomic mass is 10.0. The van der Waals surface area contributed by atoms with Gasteiger partial charge in [-0.15, -0.1) is 0 Å². The second-order valence-corrected chi connectivity index (χ2v) is 6.08. The fourth-order valence-corrected chi connectivity index (χ4v) is 2.42. The van der Waals surface area contributed by atoms with Crippen molar-refractivity contribution in [2.75, 3.05) is 27.7 Å². The van der Waals surface area contributed by atoms with Gasteiger partial charge >= 0.3 is 0 Å². The van der Waals surface area contributed by atoms with E-state index in [0.29, 0.717) is 12.6 Å². The quantitative estimate of drug-likeness (QED) is 0.751. The van der Waals surface area contributed by atoms with E-state index in [-0.39, 0.29) is 0 Å². The van der Waals surface area contributed by atoms with Gasteiger partial charge in [-0.25, -0.2) is 0 Å². The Hall–Kier alpha value is -0.900. The number of nitrogens with one attached hydrogen (secondary N) is 1. The van der Waals surface area contributed by atoms with Crippen molar-refractivity contribution in [1.29, 1.82) is 0 Å². The molecular formula is C17H30N2O. The molecule has 0 aliphatic heterocycles. The summed E-state index contributed by atoms with van der Waals surface area (Å²) in [5, 5.41) is 3.59. The molecule has 0 aliphatic rings. The second kappa shape index (κ2) is 9.11. The lowest BCUT2D eigenvalue weighted by Crippen LogP contribution is -2.38. The molecule has 20 heavy (non-hydrogen) atoms. The normalized spacial score (nSPS) is 13.2. The fraction of sp³-hybridized carbons (Fsp3) is 0.647. The molecule has 1 aromatic carbocycles. The van der Waals surface area contributed by atoms with Crippen molar-refractivity contribution < 1.29 is 4.74 Å². The van der Waals surface area contributed by atoms with Crippen LogP contribution in [0.3, 0.4) is 0 Å². The van der Waals surface area contributed by atoms with E-state index < -0.39 is 0 Å². The van der Waals surface area contributed by atoms with Crippen LogP contribution in [-0.2, 0) is 17.9 Å². The molecule has 0 bridgehead atoms. The van der Waals surface area contributed by atoms with Crippen LogP contribution >= 0.6 is 0 Å². The van der Waals surface area contributed by atoms with Gasteiger partial charge < -0.3 is 15.0 Å². The number of hydrogen-bond acceptors (Lipinski definition) is 3. The average Bonchev–Trinajstić information content (AvgIpc) is 2.39. The summed E-state index contributed by atoms with van der Waals surface area (Å²) < 4.78 is 5.25. The van der Waals surface area contributed by atoms with Crippen molar-refractivity contribution in [2.45, 2.75) is 39.5 Å². The molecule has 1 aromatic rings. The van der Waals surface area contributed by atoms with Crippen molar-refractivity contribution in [1.82, 2.24) is 10.2 Å². The second-order valence-electron chi connectivity index (χ2n) is 6.08. The largest absolute Gasteiger partial charge is 0.380 e. The standard InChI is InChI=1S/C17H30N2O/c1-14(2)10-17(19(3)4)12-18-11-15-8-6-7-9-16(15)13-20-5/h6-9,14,17-18H,10-13H2,1-5H3. The zero-order chi connectivity index (χ0) is 15.0. The summed E-state index contributed by atoms with van der Waals surface area (Å²) in [6, 6.07) is 9.06. The highest BCUT2D eigenvalue weighted by molar-refractivity contribution is 5.26. The van der Waals surface area contributed by atoms with Gasteiger partial charge in [-0.3, -0.25) is 0 Å². The van der Waals surface area contributed by atoms with Gasteiger partial charge in [-0.05, 0) is 37.6 Å². The molecule has 0 heterocycles. The number of rotatable bonds is 9. The first kappa shape index (κ1) is 17.2. The van der Waals surface area contributed by atoms with E-state index in [1.807, 2.05) is 0 Å². The van der Waals surface area contributed by atoms with Crippen molar-refractivity contribution in [3.8, 4) is 0 Å². The maximum Gasteiger partial charge on any atom is 0.0716 e. The van der Waals surface area contributed by atoms with Gasteiger partial charge in [-0.2, -0.15) is 0 Å². The average molecular weight is 278 g/mol. The Kier molecular flexibility index (Phi) is 7.82. The summed E-state index contributed by atoms with van der Waals surface area (Å²) in [7, 11) is 6.07. The summed E-state index contributed by atoms with van der Waals surface area (Å²) in [4.78, 5) is 2.31. The Morgan fingerprint density at radius 3 is 2.35 bits per heavy atom. The van der Waals surface area contributed by atoms with Gasteiger partial charge in [0.15, 0.2) is 0 Å². The summed E-state index contributed by atoms with van der Waals surface area (Å²) in [5.41, 5.74) is 2.60. The van der Waals surface area contributed by atoms with Crippen LogP contribution in [0.4, 0.5) is 0 Å². The molecule has 1 N–H and O–H groups in total. The minimum atomic E-state index is 0.588. The van der Waals surface area contributed by atoms with E-state index in [1.165, 1.54) is 17.5 Å². The number of nitrogens with zero attached hydrogens (tertiary/aromatic N) is 1. The monoisotopic (exact) mass is 278 g/mol. The number of hydrogen-bond donors (Lipinski definition) is 1. The molecule has 0 saturated carbocycles. The van der Waals surface area contributed by atoms with Crippen LogP contribution < -0.4 is 5.32 Å². The molecule has 1 atom stereocenters. The van der Waals surface area contributed by atoms with E-state index in [9.17, 15) is 0 Å². The van der Waals surface area contributed by atoms with Gasteiger partial charge in [0.2, 0.25) is 0 Å². The predicted molar refractivity (Wildman–Crippen MR) is 85.8 cm³/mol. The third-order valence-electron chi connectivity index (χ3n) is 3.59. The van der Waals surface area contributed by atoms with Crippen LogP contribution in [0.25, 0.3) is 0 Å². The Morgan fingerprint density at radius 2 is 1.80 bits per heavy atom. The highest BCUT2D eigenvalue weighted by atomic mass is 16.5. The molecule has 0 amide bonds. The molecule has 0 aliphatic carbocycles. The molecular weight excluding hydrogens is 248 g/mol. The van der Waals surface area contributed by atoms with Crippen molar-refractivity contribution >= 4 is 0 Å². The number of methoxy groups -OCH3 is 1. The van der Waals surface area contributed by atoms with E-state index in [1.54, 1.807) is 7.11 Å². The molecule has 114 valence electrons. The maximum atomic E-state index is 5.25. The van der Waals surface area contributed by atoms with E-state index in [4.69, 9.17) is 4.74 Å². The van der Waals surface area contributed by atoms with Gasteiger partial charge in [0.1, 0.15) is 0 Å². The van der Waals surface area contributed by atoms with Crippen molar-refractivity contribution in [3.63, 3.8) is 0 Å². The van der Waals surface area contributed by atoms with Crippen LogP contribution in [0.1, 0.15) is 31.4 Å². The Labute approximate surface area is 124 Å². The summed E-state index contributed by atoms with van der Waals surface area (Å²) >= 11 is 0. The molecule has 0 aromatic heterocycles. The summed E-state index contributed by atoms with van der Waals surface area (Å²) in [6.45, 7) is 7.17. The molecule has 3 nitrogen and oxygen atoms in total. The highest BCUT2D eigenvalue weighted by Gasteiger charge is 2.13. The van der Waals surface area contributed by atoms with Crippen LogP contribution in [0, 0.1) is 5.92 Å². The summed E-state index contributed by atoms with van der Waals surface area (Å²) in [6.07, 6.45) is 1.22. The van der Waals surface area contributed by atoms with Gasteiger partial charge in [0.25, 0.3) is 0 Å². The molecule has 0 saturated heterocycles. The topological polar surface area (TPSA) is 24.5 Å². The molecule has 0 radical (unpaired) electrons. The van der Waals surface area contributed by atoms with Crippen LogP contribution in [0.15, 0.2) is 24.3 Å². The first-order chi connectivity index (χ1) is 9.54. The van der Waals surface area contributed by atoms with Crippen LogP contribution in [0.5, 0.6) is 0 Å². The van der Waals surface area contributed by atoms with E-state index in [0.717, 1.165) is 19.0 Å². The minimum Gasteiger partial charge on any atom is -0.380 e. The summed E-state index contributed by atoms with van der Waals surface area (Å²) in [5.74, 6) is 0.727. The smallest absolute Gasteiger partial charge is 0.0716 e. The Bertz CT molecular complexity index is 377. The third kappa shape index (κ3) is 6.04. The number of likely N-dealkylation sites (N-methyl/N-ethyl adjacent to an activating group) is 1. The highest BCUT2D eigenvalue weighted by Crippen LogP contribution is 2.11. The zero-order valence-corrected chi connectivity index (χ0v) is 13.6. The first-order valence-corrected chi connectivity index (χ1v) is 7.47. The Balaban J connectivity index is 2.50. The van der Waals surface area contributed by atoms with Crippen LogP contribution in [-0.4, -0.2) is 38.7 Å². The fourth-order valence-electron chi connectivity index (χ4n) is 2.42.